The van der Waals surface area contributed by atoms with E-state index in [9.17, 15) is 4.91 Å². The van der Waals surface area contributed by atoms with Gasteiger partial charge in [0, 0.05) is 11.4 Å². The van der Waals surface area contributed by atoms with Crippen LogP contribution in [0, 0.1) is 11.8 Å². The van der Waals surface area contributed by atoms with Gasteiger partial charge in [0.15, 0.2) is 0 Å². The molecule has 1 N–H and O–H groups in total. The molecule has 3 nitrogen and oxygen atoms in total. The fourth-order valence-corrected chi connectivity index (χ4v) is 1.47. The highest BCUT2D eigenvalue weighted by Crippen LogP contribution is 2.22. The SMILES string of the molecule is Cc1ccccc1Nc1ccc(N=O)cc1. The second kappa shape index (κ2) is 4.57. The molecule has 2 aromatic carbocycles. The van der Waals surface area contributed by atoms with E-state index in [1.54, 1.807) is 12.1 Å². The second-order valence-electron chi connectivity index (χ2n) is 3.58. The van der Waals surface area contributed by atoms with Crippen LogP contribution in [0.25, 0.3) is 0 Å². The molecule has 16 heavy (non-hydrogen) atoms. The van der Waals surface area contributed by atoms with Gasteiger partial charge in [-0.1, -0.05) is 18.2 Å². The number of rotatable bonds is 3. The van der Waals surface area contributed by atoms with Crippen molar-refractivity contribution in [3.8, 4) is 0 Å². The fraction of sp³-hybridized carbons (Fsp3) is 0.0769. The van der Waals surface area contributed by atoms with E-state index >= 15 is 0 Å². The molecule has 0 aliphatic carbocycles. The highest BCUT2D eigenvalue weighted by molar-refractivity contribution is 5.64. The minimum Gasteiger partial charge on any atom is -0.355 e. The number of anilines is 2. The molecule has 0 unspecified atom stereocenters. The Labute approximate surface area is 94.1 Å². The Morgan fingerprint density at radius 2 is 1.69 bits per heavy atom. The molecule has 80 valence electrons. The van der Waals surface area contributed by atoms with Crippen LogP contribution in [0.5, 0.6) is 0 Å². The van der Waals surface area contributed by atoms with Crippen molar-refractivity contribution in [2.45, 2.75) is 6.92 Å². The molecular formula is C13H12N2O. The maximum absolute atomic E-state index is 10.3. The van der Waals surface area contributed by atoms with Crippen molar-refractivity contribution in [3.05, 3.63) is 59.0 Å². The van der Waals surface area contributed by atoms with Gasteiger partial charge < -0.3 is 5.32 Å². The molecule has 2 aromatic rings. The first-order valence-electron chi connectivity index (χ1n) is 5.05. The van der Waals surface area contributed by atoms with Crippen LogP contribution < -0.4 is 5.32 Å². The number of aryl methyl sites for hydroxylation is 1. The minimum atomic E-state index is 0.440. The summed E-state index contributed by atoms with van der Waals surface area (Å²) in [5.74, 6) is 0. The van der Waals surface area contributed by atoms with Gasteiger partial charge in [0.1, 0.15) is 5.69 Å². The van der Waals surface area contributed by atoms with Gasteiger partial charge in [0.2, 0.25) is 0 Å². The van der Waals surface area contributed by atoms with E-state index < -0.39 is 0 Å². The largest absolute Gasteiger partial charge is 0.355 e. The van der Waals surface area contributed by atoms with Crippen LogP contribution in [0.2, 0.25) is 0 Å². The lowest BCUT2D eigenvalue weighted by Crippen LogP contribution is -1.91. The monoisotopic (exact) mass is 212 g/mol. The predicted octanol–water partition coefficient (Wildman–Crippen LogP) is 4.14. The van der Waals surface area contributed by atoms with Gasteiger partial charge in [-0.3, -0.25) is 0 Å². The molecular weight excluding hydrogens is 200 g/mol. The van der Waals surface area contributed by atoms with Crippen LogP contribution in [0.3, 0.4) is 0 Å². The summed E-state index contributed by atoms with van der Waals surface area (Å²) in [5.41, 5.74) is 3.63. The number of para-hydroxylation sites is 1. The van der Waals surface area contributed by atoms with Crippen molar-refractivity contribution in [2.24, 2.45) is 5.18 Å². The predicted molar refractivity (Wildman–Crippen MR) is 66.4 cm³/mol. The summed E-state index contributed by atoms with van der Waals surface area (Å²) in [5, 5.41) is 6.14. The molecule has 2 rings (SSSR count). The fourth-order valence-electron chi connectivity index (χ4n) is 1.47. The van der Waals surface area contributed by atoms with E-state index in [2.05, 4.69) is 10.5 Å². The highest BCUT2D eigenvalue weighted by Gasteiger charge is 1.97. The Hall–Kier alpha value is -2.16. The highest BCUT2D eigenvalue weighted by atomic mass is 16.3. The lowest BCUT2D eigenvalue weighted by molar-refractivity contribution is 1.42. The third-order valence-corrected chi connectivity index (χ3v) is 2.40. The average Bonchev–Trinajstić information content (AvgIpc) is 2.33. The van der Waals surface area contributed by atoms with Crippen LogP contribution in [-0.4, -0.2) is 0 Å². The molecule has 0 radical (unpaired) electrons. The third-order valence-electron chi connectivity index (χ3n) is 2.40. The molecule has 0 atom stereocenters. The van der Waals surface area contributed by atoms with E-state index in [-0.39, 0.29) is 0 Å². The molecule has 0 bridgehead atoms. The molecule has 0 aliphatic heterocycles. The Balaban J connectivity index is 2.21. The topological polar surface area (TPSA) is 41.5 Å². The first-order chi connectivity index (χ1) is 7.79. The molecule has 0 aliphatic rings. The van der Waals surface area contributed by atoms with Crippen molar-refractivity contribution >= 4 is 17.1 Å². The Morgan fingerprint density at radius 1 is 1.00 bits per heavy atom. The maximum atomic E-state index is 10.3. The first kappa shape index (κ1) is 10.4. The van der Waals surface area contributed by atoms with E-state index in [0.717, 1.165) is 11.4 Å². The summed E-state index contributed by atoms with van der Waals surface area (Å²) in [4.78, 5) is 10.3. The van der Waals surface area contributed by atoms with Crippen molar-refractivity contribution < 1.29 is 0 Å². The maximum Gasteiger partial charge on any atom is 0.108 e. The number of benzene rings is 2. The number of nitroso groups, excluding NO2 is 1. The lowest BCUT2D eigenvalue weighted by Gasteiger charge is -2.08. The molecule has 0 aromatic heterocycles. The van der Waals surface area contributed by atoms with Crippen LogP contribution in [-0.2, 0) is 0 Å². The van der Waals surface area contributed by atoms with E-state index in [1.165, 1.54) is 5.56 Å². The molecule has 0 fully saturated rings. The van der Waals surface area contributed by atoms with Crippen LogP contribution in [0.15, 0.2) is 53.7 Å². The average molecular weight is 212 g/mol. The summed E-state index contributed by atoms with van der Waals surface area (Å²) in [6.45, 7) is 2.05. The summed E-state index contributed by atoms with van der Waals surface area (Å²) in [7, 11) is 0. The number of hydrogen-bond acceptors (Lipinski definition) is 3. The normalized spacial score (nSPS) is 9.81. The molecule has 0 spiro atoms. The zero-order chi connectivity index (χ0) is 11.4. The quantitative estimate of drug-likeness (QED) is 0.777. The molecule has 0 heterocycles. The smallest absolute Gasteiger partial charge is 0.108 e. The van der Waals surface area contributed by atoms with Crippen molar-refractivity contribution in [3.63, 3.8) is 0 Å². The van der Waals surface area contributed by atoms with E-state index in [1.807, 2.05) is 43.3 Å². The molecule has 0 amide bonds. The van der Waals surface area contributed by atoms with Gasteiger partial charge >= 0.3 is 0 Å². The zero-order valence-electron chi connectivity index (χ0n) is 8.97. The van der Waals surface area contributed by atoms with Crippen molar-refractivity contribution in [1.82, 2.24) is 0 Å². The number of hydrogen-bond donors (Lipinski definition) is 1. The van der Waals surface area contributed by atoms with Crippen molar-refractivity contribution in [1.29, 1.82) is 0 Å². The van der Waals surface area contributed by atoms with Crippen molar-refractivity contribution in [2.75, 3.05) is 5.32 Å². The Morgan fingerprint density at radius 3 is 2.31 bits per heavy atom. The summed E-state index contributed by atoms with van der Waals surface area (Å²) in [6.07, 6.45) is 0. The van der Waals surface area contributed by atoms with Gasteiger partial charge in [-0.25, -0.2) is 0 Å². The first-order valence-corrected chi connectivity index (χ1v) is 5.05. The lowest BCUT2D eigenvalue weighted by atomic mass is 10.2. The molecule has 3 heteroatoms. The van der Waals surface area contributed by atoms with Gasteiger partial charge in [0.25, 0.3) is 0 Å². The Bertz CT molecular complexity index is 492. The summed E-state index contributed by atoms with van der Waals surface area (Å²) >= 11 is 0. The zero-order valence-corrected chi connectivity index (χ0v) is 8.97. The molecule has 0 saturated heterocycles. The van der Waals surface area contributed by atoms with Crippen LogP contribution in [0.4, 0.5) is 17.1 Å². The second-order valence-corrected chi connectivity index (χ2v) is 3.58. The number of nitrogens with one attached hydrogen (secondary N) is 1. The third kappa shape index (κ3) is 2.25. The Kier molecular flexibility index (Phi) is 2.96. The molecule has 0 saturated carbocycles. The van der Waals surface area contributed by atoms with Gasteiger partial charge in [-0.2, -0.15) is 0 Å². The minimum absolute atomic E-state index is 0.440. The number of nitrogens with zero attached hydrogens (tertiary/aromatic N) is 1. The van der Waals surface area contributed by atoms with E-state index in [4.69, 9.17) is 0 Å². The van der Waals surface area contributed by atoms with Crippen LogP contribution >= 0.6 is 0 Å². The van der Waals surface area contributed by atoms with Gasteiger partial charge in [0.05, 0.1) is 0 Å². The summed E-state index contributed by atoms with van der Waals surface area (Å²) < 4.78 is 0. The van der Waals surface area contributed by atoms with Gasteiger partial charge in [-0.15, -0.1) is 4.91 Å². The van der Waals surface area contributed by atoms with E-state index in [0.29, 0.717) is 5.69 Å². The van der Waals surface area contributed by atoms with Crippen LogP contribution in [0.1, 0.15) is 5.56 Å². The van der Waals surface area contributed by atoms with Gasteiger partial charge in [-0.05, 0) is 48.0 Å². The standard InChI is InChI=1S/C13H12N2O/c1-10-4-2-3-5-13(10)14-11-6-8-12(15-16)9-7-11/h2-9,14H,1H3. The summed E-state index contributed by atoms with van der Waals surface area (Å²) in [6, 6.07) is 15.1.